The van der Waals surface area contributed by atoms with E-state index in [1.54, 1.807) is 16.8 Å². The standard InChI is InChI=1S/C26H27FN6O2/c1-18-22(17-31(2)29-18)25-15-24(30-35-25)26(34)28-20-7-9-21(10-8-20)33-13-11-32(12-14-33)16-19-5-3-4-6-23(19)27/h3-10,15,17H,11-14,16H2,1-2H3,(H,28,34). The van der Waals surface area contributed by atoms with Gasteiger partial charge in [0.2, 0.25) is 0 Å². The molecule has 2 aromatic carbocycles. The van der Waals surface area contributed by atoms with Crippen LogP contribution in [0.1, 0.15) is 21.7 Å². The molecular weight excluding hydrogens is 447 g/mol. The third-order valence-electron chi connectivity index (χ3n) is 6.24. The van der Waals surface area contributed by atoms with Crippen LogP contribution < -0.4 is 10.2 Å². The first-order valence-corrected chi connectivity index (χ1v) is 11.6. The second kappa shape index (κ2) is 9.71. The number of piperazine rings is 1. The molecule has 1 aliphatic rings. The van der Waals surface area contributed by atoms with Crippen LogP contribution in [-0.2, 0) is 13.6 Å². The Labute approximate surface area is 202 Å². The van der Waals surface area contributed by atoms with Gasteiger partial charge in [-0.05, 0) is 37.3 Å². The number of hydrogen-bond donors (Lipinski definition) is 1. The Kier molecular flexibility index (Phi) is 6.33. The fourth-order valence-electron chi connectivity index (χ4n) is 4.33. The Hall–Kier alpha value is -3.98. The number of rotatable bonds is 6. The molecule has 4 aromatic rings. The van der Waals surface area contributed by atoms with Crippen molar-refractivity contribution in [3.05, 3.63) is 83.6 Å². The monoisotopic (exact) mass is 474 g/mol. The molecule has 0 aliphatic carbocycles. The summed E-state index contributed by atoms with van der Waals surface area (Å²) in [6.07, 6.45) is 1.83. The number of hydrogen-bond acceptors (Lipinski definition) is 6. The van der Waals surface area contributed by atoms with Crippen molar-refractivity contribution >= 4 is 17.3 Å². The number of aromatic nitrogens is 3. The van der Waals surface area contributed by atoms with Crippen molar-refractivity contribution in [1.29, 1.82) is 0 Å². The average Bonchev–Trinajstić information content (AvgIpc) is 3.48. The second-order valence-electron chi connectivity index (χ2n) is 8.73. The third-order valence-corrected chi connectivity index (χ3v) is 6.24. The summed E-state index contributed by atoms with van der Waals surface area (Å²) in [5.41, 5.74) is 4.31. The lowest BCUT2D eigenvalue weighted by Gasteiger charge is -2.36. The van der Waals surface area contributed by atoms with Gasteiger partial charge < -0.3 is 14.7 Å². The summed E-state index contributed by atoms with van der Waals surface area (Å²) in [5, 5.41) is 11.1. The first-order valence-electron chi connectivity index (χ1n) is 11.6. The van der Waals surface area contributed by atoms with Gasteiger partial charge in [0.1, 0.15) is 5.82 Å². The van der Waals surface area contributed by atoms with E-state index < -0.39 is 0 Å². The molecule has 35 heavy (non-hydrogen) atoms. The minimum atomic E-state index is -0.337. The van der Waals surface area contributed by atoms with E-state index in [9.17, 15) is 9.18 Å². The number of carbonyl (C=O) groups is 1. The molecule has 1 amide bonds. The molecule has 1 aliphatic heterocycles. The van der Waals surface area contributed by atoms with Gasteiger partial charge in [-0.1, -0.05) is 23.4 Å². The molecule has 8 nitrogen and oxygen atoms in total. The molecule has 1 saturated heterocycles. The van der Waals surface area contributed by atoms with E-state index in [0.717, 1.165) is 48.7 Å². The number of anilines is 2. The van der Waals surface area contributed by atoms with Crippen LogP contribution in [0.5, 0.6) is 0 Å². The number of benzene rings is 2. The van der Waals surface area contributed by atoms with E-state index >= 15 is 0 Å². The van der Waals surface area contributed by atoms with Gasteiger partial charge >= 0.3 is 0 Å². The average molecular weight is 475 g/mol. The summed E-state index contributed by atoms with van der Waals surface area (Å²) in [6, 6.07) is 16.3. The van der Waals surface area contributed by atoms with Crippen LogP contribution >= 0.6 is 0 Å². The van der Waals surface area contributed by atoms with Crippen LogP contribution in [0, 0.1) is 12.7 Å². The van der Waals surface area contributed by atoms with Gasteiger partial charge in [0, 0.05) is 69.0 Å². The van der Waals surface area contributed by atoms with E-state index in [-0.39, 0.29) is 17.4 Å². The largest absolute Gasteiger partial charge is 0.369 e. The Balaban J connectivity index is 1.16. The molecule has 1 N–H and O–H groups in total. The molecular formula is C26H27FN6O2. The van der Waals surface area contributed by atoms with Crippen LogP contribution in [0.4, 0.5) is 15.8 Å². The van der Waals surface area contributed by atoms with Crippen LogP contribution in [0.2, 0.25) is 0 Å². The van der Waals surface area contributed by atoms with Gasteiger partial charge in [0.05, 0.1) is 11.3 Å². The molecule has 2 aromatic heterocycles. The van der Waals surface area contributed by atoms with Crippen LogP contribution in [0.15, 0.2) is 65.3 Å². The molecule has 0 spiro atoms. The smallest absolute Gasteiger partial charge is 0.277 e. The van der Waals surface area contributed by atoms with Gasteiger partial charge in [0.15, 0.2) is 11.5 Å². The van der Waals surface area contributed by atoms with Crippen molar-refractivity contribution in [2.45, 2.75) is 13.5 Å². The zero-order chi connectivity index (χ0) is 24.4. The Morgan fingerprint density at radius 1 is 1.09 bits per heavy atom. The highest BCUT2D eigenvalue weighted by Gasteiger charge is 2.19. The van der Waals surface area contributed by atoms with Crippen molar-refractivity contribution in [3.8, 4) is 11.3 Å². The van der Waals surface area contributed by atoms with Gasteiger partial charge in [-0.15, -0.1) is 0 Å². The zero-order valence-corrected chi connectivity index (χ0v) is 19.7. The lowest BCUT2D eigenvalue weighted by molar-refractivity contribution is 0.101. The quantitative estimate of drug-likeness (QED) is 0.453. The minimum Gasteiger partial charge on any atom is -0.369 e. The predicted molar refractivity (Wildman–Crippen MR) is 132 cm³/mol. The third kappa shape index (κ3) is 5.09. The van der Waals surface area contributed by atoms with Gasteiger partial charge in [-0.2, -0.15) is 5.10 Å². The summed E-state index contributed by atoms with van der Waals surface area (Å²) < 4.78 is 21.0. The normalized spacial score (nSPS) is 14.3. The Bertz CT molecular complexity index is 1320. The maximum absolute atomic E-state index is 13.9. The van der Waals surface area contributed by atoms with E-state index in [1.807, 2.05) is 56.6 Å². The lowest BCUT2D eigenvalue weighted by Crippen LogP contribution is -2.46. The summed E-state index contributed by atoms with van der Waals surface area (Å²) in [5.74, 6) is 0.0166. The highest BCUT2D eigenvalue weighted by molar-refractivity contribution is 6.03. The van der Waals surface area contributed by atoms with Crippen LogP contribution in [-0.4, -0.2) is 51.9 Å². The number of halogens is 1. The molecule has 0 unspecified atom stereocenters. The first-order chi connectivity index (χ1) is 17.0. The maximum Gasteiger partial charge on any atom is 0.277 e. The van der Waals surface area contributed by atoms with E-state index in [4.69, 9.17) is 4.52 Å². The lowest BCUT2D eigenvalue weighted by atomic mass is 10.1. The highest BCUT2D eigenvalue weighted by atomic mass is 19.1. The van der Waals surface area contributed by atoms with Crippen LogP contribution in [0.3, 0.4) is 0 Å². The van der Waals surface area contributed by atoms with Crippen LogP contribution in [0.25, 0.3) is 11.3 Å². The number of amides is 1. The number of aryl methyl sites for hydroxylation is 2. The maximum atomic E-state index is 13.9. The molecule has 0 radical (unpaired) electrons. The highest BCUT2D eigenvalue weighted by Crippen LogP contribution is 2.24. The summed E-state index contributed by atoms with van der Waals surface area (Å²) in [7, 11) is 1.83. The SMILES string of the molecule is Cc1nn(C)cc1-c1cc(C(=O)Nc2ccc(N3CCN(Cc4ccccc4F)CC3)cc2)no1. The molecule has 0 bridgehead atoms. The number of nitrogens with zero attached hydrogens (tertiary/aromatic N) is 5. The Morgan fingerprint density at radius 2 is 1.83 bits per heavy atom. The fourth-order valence-corrected chi connectivity index (χ4v) is 4.33. The summed E-state index contributed by atoms with van der Waals surface area (Å²) >= 11 is 0. The first kappa shape index (κ1) is 22.8. The van der Waals surface area contributed by atoms with Crippen molar-refractivity contribution < 1.29 is 13.7 Å². The van der Waals surface area contributed by atoms with Crippen molar-refractivity contribution in [3.63, 3.8) is 0 Å². The topological polar surface area (TPSA) is 79.4 Å². The molecule has 0 atom stereocenters. The molecule has 9 heteroatoms. The predicted octanol–water partition coefficient (Wildman–Crippen LogP) is 4.10. The van der Waals surface area contributed by atoms with E-state index in [2.05, 4.69) is 25.4 Å². The molecule has 0 saturated carbocycles. The van der Waals surface area contributed by atoms with E-state index in [1.165, 1.54) is 6.07 Å². The van der Waals surface area contributed by atoms with Crippen molar-refractivity contribution in [2.75, 3.05) is 36.4 Å². The molecule has 1 fully saturated rings. The zero-order valence-electron chi connectivity index (χ0n) is 19.7. The molecule has 180 valence electrons. The minimum absolute atomic E-state index is 0.151. The van der Waals surface area contributed by atoms with Crippen molar-refractivity contribution in [1.82, 2.24) is 19.8 Å². The van der Waals surface area contributed by atoms with Gasteiger partial charge in [0.25, 0.3) is 5.91 Å². The molecule has 3 heterocycles. The summed E-state index contributed by atoms with van der Waals surface area (Å²) in [4.78, 5) is 17.2. The fraction of sp³-hybridized carbons (Fsp3) is 0.269. The van der Waals surface area contributed by atoms with E-state index in [0.29, 0.717) is 18.0 Å². The second-order valence-corrected chi connectivity index (χ2v) is 8.73. The van der Waals surface area contributed by atoms with Gasteiger partial charge in [-0.25, -0.2) is 4.39 Å². The summed E-state index contributed by atoms with van der Waals surface area (Å²) in [6.45, 7) is 5.93. The molecule has 5 rings (SSSR count). The van der Waals surface area contributed by atoms with Gasteiger partial charge in [-0.3, -0.25) is 14.4 Å². The van der Waals surface area contributed by atoms with Crippen molar-refractivity contribution in [2.24, 2.45) is 7.05 Å². The number of nitrogens with one attached hydrogen (secondary N) is 1. The Morgan fingerprint density at radius 3 is 2.51 bits per heavy atom. The number of carbonyl (C=O) groups excluding carboxylic acids is 1.